The van der Waals surface area contributed by atoms with E-state index in [0.29, 0.717) is 13.2 Å². The van der Waals surface area contributed by atoms with E-state index >= 15 is 0 Å². The molecule has 1 N–H and O–H groups in total. The molecule has 1 aromatic rings. The molecular weight excluding hydrogens is 190 g/mol. The lowest BCUT2D eigenvalue weighted by molar-refractivity contribution is 0.146. The highest BCUT2D eigenvalue weighted by Gasteiger charge is 1.98. The summed E-state index contributed by atoms with van der Waals surface area (Å²) >= 11 is 0. The standard InChI is InChI=1S/C12H16NO2/c1-2-13-12(14)15-10-6-9-11-7-4-3-5-8-11/h3-5,7-8H,1-2,6,9-10H2,(H,13,14). The molecule has 1 radical (unpaired) electrons. The number of carbonyl (C=O) groups is 1. The molecule has 0 aliphatic rings. The van der Waals surface area contributed by atoms with Crippen LogP contribution < -0.4 is 5.32 Å². The number of nitrogens with one attached hydrogen (secondary N) is 1. The number of carbonyl (C=O) groups excluding carboxylic acids is 1. The topological polar surface area (TPSA) is 38.3 Å². The SMILES string of the molecule is [CH2]CNC(=O)OCCCc1ccccc1. The molecule has 0 unspecified atom stereocenters. The Morgan fingerprint density at radius 1 is 1.33 bits per heavy atom. The molecule has 0 aromatic heterocycles. The van der Waals surface area contributed by atoms with Crippen LogP contribution in [-0.2, 0) is 11.2 Å². The molecular formula is C12H16NO2. The van der Waals surface area contributed by atoms with Gasteiger partial charge in [-0.1, -0.05) is 30.3 Å². The van der Waals surface area contributed by atoms with Crippen LogP contribution in [0.15, 0.2) is 30.3 Å². The fourth-order valence-electron chi connectivity index (χ4n) is 1.24. The van der Waals surface area contributed by atoms with E-state index in [9.17, 15) is 4.79 Å². The first kappa shape index (κ1) is 11.6. The summed E-state index contributed by atoms with van der Waals surface area (Å²) in [6, 6.07) is 10.1. The van der Waals surface area contributed by atoms with Gasteiger partial charge >= 0.3 is 6.09 Å². The second kappa shape index (κ2) is 6.87. The van der Waals surface area contributed by atoms with Gasteiger partial charge in [0, 0.05) is 6.54 Å². The maximum Gasteiger partial charge on any atom is 0.407 e. The molecule has 1 amide bonds. The Bertz CT molecular complexity index is 285. The van der Waals surface area contributed by atoms with E-state index in [1.807, 2.05) is 18.2 Å². The highest BCUT2D eigenvalue weighted by atomic mass is 16.5. The number of rotatable bonds is 5. The molecule has 0 bridgehead atoms. The molecule has 0 aliphatic heterocycles. The van der Waals surface area contributed by atoms with Crippen LogP contribution in [0.25, 0.3) is 0 Å². The normalized spacial score (nSPS) is 9.67. The summed E-state index contributed by atoms with van der Waals surface area (Å²) in [6.07, 6.45) is 1.38. The number of ether oxygens (including phenoxy) is 1. The second-order valence-corrected chi connectivity index (χ2v) is 3.15. The lowest BCUT2D eigenvalue weighted by atomic mass is 10.1. The Kier molecular flexibility index (Phi) is 5.30. The van der Waals surface area contributed by atoms with E-state index in [0.717, 1.165) is 12.8 Å². The van der Waals surface area contributed by atoms with Crippen molar-refractivity contribution in [2.45, 2.75) is 12.8 Å². The Morgan fingerprint density at radius 3 is 2.73 bits per heavy atom. The first-order valence-electron chi connectivity index (χ1n) is 5.06. The van der Waals surface area contributed by atoms with Crippen molar-refractivity contribution in [2.24, 2.45) is 0 Å². The summed E-state index contributed by atoms with van der Waals surface area (Å²) in [6.45, 7) is 4.29. The quantitative estimate of drug-likeness (QED) is 0.750. The van der Waals surface area contributed by atoms with Crippen LogP contribution in [0.3, 0.4) is 0 Å². The van der Waals surface area contributed by atoms with E-state index in [-0.39, 0.29) is 0 Å². The Morgan fingerprint density at radius 2 is 2.07 bits per heavy atom. The molecule has 0 aliphatic carbocycles. The minimum absolute atomic E-state index is 0.359. The van der Waals surface area contributed by atoms with Crippen LogP contribution in [0.5, 0.6) is 0 Å². The third-order valence-corrected chi connectivity index (χ3v) is 1.96. The largest absolute Gasteiger partial charge is 0.450 e. The fourth-order valence-corrected chi connectivity index (χ4v) is 1.24. The van der Waals surface area contributed by atoms with Crippen molar-refractivity contribution in [1.29, 1.82) is 0 Å². The van der Waals surface area contributed by atoms with Crippen molar-refractivity contribution in [3.63, 3.8) is 0 Å². The zero-order valence-corrected chi connectivity index (χ0v) is 8.74. The molecule has 1 rings (SSSR count). The molecule has 0 fully saturated rings. The molecule has 1 aromatic carbocycles. The minimum Gasteiger partial charge on any atom is -0.450 e. The van der Waals surface area contributed by atoms with Gasteiger partial charge in [-0.2, -0.15) is 0 Å². The summed E-state index contributed by atoms with van der Waals surface area (Å²) in [5, 5.41) is 2.47. The van der Waals surface area contributed by atoms with Gasteiger partial charge in [-0.25, -0.2) is 4.79 Å². The average Bonchev–Trinajstić information content (AvgIpc) is 2.26. The Labute approximate surface area is 90.4 Å². The van der Waals surface area contributed by atoms with Gasteiger partial charge in [-0.3, -0.25) is 0 Å². The number of amides is 1. The van der Waals surface area contributed by atoms with Crippen LogP contribution in [-0.4, -0.2) is 19.2 Å². The molecule has 81 valence electrons. The van der Waals surface area contributed by atoms with Gasteiger partial charge in [-0.15, -0.1) is 0 Å². The summed E-state index contributed by atoms with van der Waals surface area (Å²) in [4.78, 5) is 10.9. The van der Waals surface area contributed by atoms with Gasteiger partial charge in [0.2, 0.25) is 0 Å². The van der Waals surface area contributed by atoms with Crippen molar-refractivity contribution < 1.29 is 9.53 Å². The van der Waals surface area contributed by atoms with E-state index < -0.39 is 6.09 Å². The molecule has 3 nitrogen and oxygen atoms in total. The average molecular weight is 206 g/mol. The van der Waals surface area contributed by atoms with Crippen LogP contribution in [0.2, 0.25) is 0 Å². The van der Waals surface area contributed by atoms with Gasteiger partial charge < -0.3 is 10.1 Å². The smallest absolute Gasteiger partial charge is 0.407 e. The maximum absolute atomic E-state index is 10.9. The molecule has 15 heavy (non-hydrogen) atoms. The highest BCUT2D eigenvalue weighted by molar-refractivity contribution is 5.67. The zero-order valence-electron chi connectivity index (χ0n) is 8.74. The van der Waals surface area contributed by atoms with Crippen LogP contribution in [0, 0.1) is 6.92 Å². The van der Waals surface area contributed by atoms with Crippen LogP contribution >= 0.6 is 0 Å². The van der Waals surface area contributed by atoms with E-state index in [2.05, 4.69) is 24.4 Å². The van der Waals surface area contributed by atoms with Crippen molar-refractivity contribution >= 4 is 6.09 Å². The molecule has 0 atom stereocenters. The number of alkyl carbamates (subject to hydrolysis) is 1. The first-order chi connectivity index (χ1) is 7.33. The monoisotopic (exact) mass is 206 g/mol. The number of aryl methyl sites for hydroxylation is 1. The number of hydrogen-bond acceptors (Lipinski definition) is 2. The molecule has 0 saturated heterocycles. The molecule has 0 saturated carbocycles. The summed E-state index contributed by atoms with van der Waals surface area (Å²) < 4.78 is 4.91. The fraction of sp³-hybridized carbons (Fsp3) is 0.333. The lowest BCUT2D eigenvalue weighted by Gasteiger charge is -2.04. The van der Waals surface area contributed by atoms with Crippen LogP contribution in [0.4, 0.5) is 4.79 Å². The summed E-state index contributed by atoms with van der Waals surface area (Å²) in [5.74, 6) is 0. The number of benzene rings is 1. The van der Waals surface area contributed by atoms with E-state index in [1.54, 1.807) is 0 Å². The third kappa shape index (κ3) is 5.05. The molecule has 3 heteroatoms. The predicted molar refractivity (Wildman–Crippen MR) is 59.5 cm³/mol. The molecule has 0 heterocycles. The van der Waals surface area contributed by atoms with Crippen LogP contribution in [0.1, 0.15) is 12.0 Å². The Hall–Kier alpha value is -1.51. The van der Waals surface area contributed by atoms with Gasteiger partial charge in [0.25, 0.3) is 0 Å². The van der Waals surface area contributed by atoms with E-state index in [4.69, 9.17) is 4.74 Å². The second-order valence-electron chi connectivity index (χ2n) is 3.15. The Balaban J connectivity index is 2.10. The molecule has 0 spiro atoms. The first-order valence-corrected chi connectivity index (χ1v) is 5.06. The third-order valence-electron chi connectivity index (χ3n) is 1.96. The van der Waals surface area contributed by atoms with Gasteiger partial charge in [-0.05, 0) is 25.3 Å². The zero-order chi connectivity index (χ0) is 10.9. The number of hydrogen-bond donors (Lipinski definition) is 1. The van der Waals surface area contributed by atoms with Crippen molar-refractivity contribution in [3.05, 3.63) is 42.8 Å². The van der Waals surface area contributed by atoms with Crippen molar-refractivity contribution in [1.82, 2.24) is 5.32 Å². The van der Waals surface area contributed by atoms with Gasteiger partial charge in [0.1, 0.15) is 0 Å². The summed E-state index contributed by atoms with van der Waals surface area (Å²) in [7, 11) is 0. The minimum atomic E-state index is -0.391. The van der Waals surface area contributed by atoms with Crippen molar-refractivity contribution in [2.75, 3.05) is 13.2 Å². The van der Waals surface area contributed by atoms with E-state index in [1.165, 1.54) is 5.56 Å². The van der Waals surface area contributed by atoms with Gasteiger partial charge in [0.15, 0.2) is 0 Å². The van der Waals surface area contributed by atoms with Gasteiger partial charge in [0.05, 0.1) is 6.61 Å². The highest BCUT2D eigenvalue weighted by Crippen LogP contribution is 2.02. The maximum atomic E-state index is 10.9. The van der Waals surface area contributed by atoms with Crippen molar-refractivity contribution in [3.8, 4) is 0 Å². The predicted octanol–water partition coefficient (Wildman–Crippen LogP) is 2.18. The lowest BCUT2D eigenvalue weighted by Crippen LogP contribution is -2.24. The summed E-state index contributed by atoms with van der Waals surface area (Å²) in [5.41, 5.74) is 1.26.